The number of rotatable bonds is 4. The number of nitrogens with zero attached hydrogens (tertiary/aromatic N) is 2. The molecule has 5 heteroatoms. The lowest BCUT2D eigenvalue weighted by Crippen LogP contribution is -2.47. The van der Waals surface area contributed by atoms with Crippen LogP contribution in [0.1, 0.15) is 31.4 Å². The van der Waals surface area contributed by atoms with Crippen LogP contribution in [-0.2, 0) is 11.3 Å². The number of furan rings is 1. The molecule has 4 nitrogen and oxygen atoms in total. The number of piperidine rings is 1. The molecule has 0 aromatic carbocycles. The van der Waals surface area contributed by atoms with E-state index in [1.165, 1.54) is 11.5 Å². The van der Waals surface area contributed by atoms with Crippen LogP contribution in [0, 0.1) is 5.92 Å². The third-order valence-corrected chi connectivity index (χ3v) is 5.95. The van der Waals surface area contributed by atoms with E-state index in [0.717, 1.165) is 51.1 Å². The van der Waals surface area contributed by atoms with Crippen LogP contribution in [0.25, 0.3) is 0 Å². The highest BCUT2D eigenvalue weighted by Gasteiger charge is 2.31. The molecule has 2 aliphatic rings. The smallest absolute Gasteiger partial charge is 0.226 e. The zero-order valence-electron chi connectivity index (χ0n) is 13.4. The molecule has 2 saturated heterocycles. The monoisotopic (exact) mass is 322 g/mol. The lowest BCUT2D eigenvalue weighted by molar-refractivity contribution is -0.138. The quantitative estimate of drug-likeness (QED) is 0.854. The van der Waals surface area contributed by atoms with Crippen molar-refractivity contribution in [2.45, 2.75) is 38.3 Å². The van der Waals surface area contributed by atoms with Gasteiger partial charge in [-0.05, 0) is 55.9 Å². The lowest BCUT2D eigenvalue weighted by Gasteiger charge is -2.37. The molecule has 122 valence electrons. The highest BCUT2D eigenvalue weighted by atomic mass is 32.2. The van der Waals surface area contributed by atoms with E-state index in [1.54, 1.807) is 6.26 Å². The van der Waals surface area contributed by atoms with E-state index in [9.17, 15) is 4.79 Å². The molecule has 1 atom stereocenters. The van der Waals surface area contributed by atoms with E-state index in [2.05, 4.69) is 4.90 Å². The Morgan fingerprint density at radius 1 is 1.41 bits per heavy atom. The summed E-state index contributed by atoms with van der Waals surface area (Å²) in [6.07, 6.45) is 6.15. The zero-order valence-corrected chi connectivity index (χ0v) is 14.2. The first-order valence-electron chi connectivity index (χ1n) is 8.33. The molecular formula is C17H26N2O2S. The summed E-state index contributed by atoms with van der Waals surface area (Å²) in [5.41, 5.74) is 0. The number of thioether (sulfide) groups is 1. The van der Waals surface area contributed by atoms with Gasteiger partial charge in [-0.15, -0.1) is 0 Å². The summed E-state index contributed by atoms with van der Waals surface area (Å²) in [4.78, 5) is 17.2. The van der Waals surface area contributed by atoms with Gasteiger partial charge in [-0.2, -0.15) is 11.8 Å². The normalized spacial score (nSPS) is 24.3. The van der Waals surface area contributed by atoms with Crippen molar-refractivity contribution in [2.24, 2.45) is 5.92 Å². The number of carbonyl (C=O) groups excluding carboxylic acids is 1. The van der Waals surface area contributed by atoms with Gasteiger partial charge < -0.3 is 9.32 Å². The Balaban J connectivity index is 1.55. The van der Waals surface area contributed by atoms with Crippen LogP contribution < -0.4 is 0 Å². The minimum Gasteiger partial charge on any atom is -0.468 e. The van der Waals surface area contributed by atoms with E-state index < -0.39 is 0 Å². The van der Waals surface area contributed by atoms with Crippen molar-refractivity contribution in [3.05, 3.63) is 24.2 Å². The molecule has 0 saturated carbocycles. The van der Waals surface area contributed by atoms with E-state index in [1.807, 2.05) is 35.8 Å². The molecule has 0 spiro atoms. The molecule has 1 amide bonds. The molecule has 1 aromatic heterocycles. The fourth-order valence-corrected chi connectivity index (χ4v) is 4.65. The van der Waals surface area contributed by atoms with E-state index >= 15 is 0 Å². The minimum absolute atomic E-state index is 0.156. The molecule has 2 fully saturated rings. The summed E-state index contributed by atoms with van der Waals surface area (Å²) in [6, 6.07) is 4.39. The minimum atomic E-state index is 0.156. The van der Waals surface area contributed by atoms with Gasteiger partial charge in [0.1, 0.15) is 5.76 Å². The molecular weight excluding hydrogens is 296 g/mol. The van der Waals surface area contributed by atoms with Crippen LogP contribution in [0.5, 0.6) is 0 Å². The highest BCUT2D eigenvalue weighted by Crippen LogP contribution is 2.25. The number of hydrogen-bond acceptors (Lipinski definition) is 4. The maximum atomic E-state index is 12.8. The molecule has 0 bridgehead atoms. The molecule has 2 aliphatic heterocycles. The van der Waals surface area contributed by atoms with Crippen molar-refractivity contribution in [3.63, 3.8) is 0 Å². The predicted molar refractivity (Wildman–Crippen MR) is 89.8 cm³/mol. The van der Waals surface area contributed by atoms with Crippen LogP contribution in [0.4, 0.5) is 0 Å². The van der Waals surface area contributed by atoms with Gasteiger partial charge >= 0.3 is 0 Å². The fourth-order valence-electron chi connectivity index (χ4n) is 3.56. The fraction of sp³-hybridized carbons (Fsp3) is 0.706. The standard InChI is InChI=1S/C17H26N2O2S/c1-18(15-6-10-22-11-7-15)17(20)14-4-2-8-19(12-14)13-16-5-3-9-21-16/h3,5,9,14-15H,2,4,6-8,10-13H2,1H3/t14-/m0/s1. The van der Waals surface area contributed by atoms with Crippen LogP contribution in [-0.4, -0.2) is 53.4 Å². The Hall–Kier alpha value is -0.940. The summed E-state index contributed by atoms with van der Waals surface area (Å²) in [7, 11) is 2.01. The molecule has 3 heterocycles. The van der Waals surface area contributed by atoms with Gasteiger partial charge in [-0.3, -0.25) is 9.69 Å². The Labute approximate surface area is 137 Å². The second-order valence-electron chi connectivity index (χ2n) is 6.45. The Morgan fingerprint density at radius 3 is 2.95 bits per heavy atom. The maximum Gasteiger partial charge on any atom is 0.226 e. The summed E-state index contributed by atoms with van der Waals surface area (Å²) in [5.74, 6) is 3.88. The largest absolute Gasteiger partial charge is 0.468 e. The van der Waals surface area contributed by atoms with Gasteiger partial charge in [0.2, 0.25) is 5.91 Å². The second kappa shape index (κ2) is 7.55. The first-order valence-corrected chi connectivity index (χ1v) is 9.48. The van der Waals surface area contributed by atoms with Gasteiger partial charge in [0.15, 0.2) is 0 Å². The predicted octanol–water partition coefficient (Wildman–Crippen LogP) is 2.85. The average Bonchev–Trinajstić information content (AvgIpc) is 3.07. The van der Waals surface area contributed by atoms with Crippen molar-refractivity contribution in [2.75, 3.05) is 31.6 Å². The van der Waals surface area contributed by atoms with Crippen molar-refractivity contribution in [3.8, 4) is 0 Å². The molecule has 3 rings (SSSR count). The summed E-state index contributed by atoms with van der Waals surface area (Å²) < 4.78 is 5.44. The van der Waals surface area contributed by atoms with E-state index in [4.69, 9.17) is 4.42 Å². The SMILES string of the molecule is CN(C(=O)[C@H]1CCCN(Cc2ccco2)C1)C1CCSCC1. The maximum absolute atomic E-state index is 12.8. The van der Waals surface area contributed by atoms with Crippen molar-refractivity contribution < 1.29 is 9.21 Å². The van der Waals surface area contributed by atoms with Gasteiger partial charge in [-0.25, -0.2) is 0 Å². The molecule has 0 unspecified atom stereocenters. The summed E-state index contributed by atoms with van der Waals surface area (Å²) >= 11 is 2.01. The number of carbonyl (C=O) groups is 1. The van der Waals surface area contributed by atoms with Gasteiger partial charge in [0.25, 0.3) is 0 Å². The molecule has 22 heavy (non-hydrogen) atoms. The van der Waals surface area contributed by atoms with Gasteiger partial charge in [0.05, 0.1) is 18.7 Å². The molecule has 1 aromatic rings. The number of amides is 1. The van der Waals surface area contributed by atoms with Gasteiger partial charge in [0, 0.05) is 19.6 Å². The second-order valence-corrected chi connectivity index (χ2v) is 7.67. The average molecular weight is 322 g/mol. The van der Waals surface area contributed by atoms with Crippen LogP contribution in [0.2, 0.25) is 0 Å². The van der Waals surface area contributed by atoms with Gasteiger partial charge in [-0.1, -0.05) is 0 Å². The molecule has 0 radical (unpaired) electrons. The van der Waals surface area contributed by atoms with E-state index in [-0.39, 0.29) is 5.92 Å². The number of likely N-dealkylation sites (tertiary alicyclic amines) is 1. The highest BCUT2D eigenvalue weighted by molar-refractivity contribution is 7.99. The topological polar surface area (TPSA) is 36.7 Å². The first-order chi connectivity index (χ1) is 10.7. The third-order valence-electron chi connectivity index (χ3n) is 4.90. The molecule has 0 N–H and O–H groups in total. The summed E-state index contributed by atoms with van der Waals surface area (Å²) in [6.45, 7) is 2.75. The Bertz CT molecular complexity index is 471. The Kier molecular flexibility index (Phi) is 5.47. The number of hydrogen-bond donors (Lipinski definition) is 0. The van der Waals surface area contributed by atoms with Crippen molar-refractivity contribution in [1.82, 2.24) is 9.80 Å². The van der Waals surface area contributed by atoms with Crippen molar-refractivity contribution in [1.29, 1.82) is 0 Å². The molecule has 0 aliphatic carbocycles. The van der Waals surface area contributed by atoms with Crippen LogP contribution in [0.3, 0.4) is 0 Å². The zero-order chi connectivity index (χ0) is 15.4. The lowest BCUT2D eigenvalue weighted by atomic mass is 9.95. The Morgan fingerprint density at radius 2 is 2.23 bits per heavy atom. The summed E-state index contributed by atoms with van der Waals surface area (Å²) in [5, 5.41) is 0. The van der Waals surface area contributed by atoms with Crippen LogP contribution in [0.15, 0.2) is 22.8 Å². The third kappa shape index (κ3) is 3.87. The van der Waals surface area contributed by atoms with E-state index in [0.29, 0.717) is 11.9 Å². The first kappa shape index (κ1) is 15.9. The van der Waals surface area contributed by atoms with Crippen molar-refractivity contribution >= 4 is 17.7 Å². The van der Waals surface area contributed by atoms with Crippen LogP contribution >= 0.6 is 11.8 Å².